The monoisotopic (exact) mass is 329 g/mol. The van der Waals surface area contributed by atoms with Gasteiger partial charge in [0.1, 0.15) is 9.09 Å². The van der Waals surface area contributed by atoms with Gasteiger partial charge < -0.3 is 9.67 Å². The molecular formula is C12H15N3O4S2. The molecule has 0 saturated carbocycles. The van der Waals surface area contributed by atoms with Crippen LogP contribution in [0.5, 0.6) is 0 Å². The lowest BCUT2D eigenvalue weighted by molar-refractivity contribution is 0.0702. The fraction of sp³-hybridized carbons (Fsp3) is 0.333. The Hall–Kier alpha value is -1.71. The van der Waals surface area contributed by atoms with Gasteiger partial charge in [0, 0.05) is 25.5 Å². The van der Waals surface area contributed by atoms with Gasteiger partial charge in [-0.25, -0.2) is 22.9 Å². The average molecular weight is 329 g/mol. The number of aryl methyl sites for hydroxylation is 1. The number of hydrogen-bond acceptors (Lipinski definition) is 5. The van der Waals surface area contributed by atoms with Gasteiger partial charge in [-0.3, -0.25) is 0 Å². The number of imidazole rings is 1. The Kier molecular flexibility index (Phi) is 5.10. The molecule has 0 atom stereocenters. The summed E-state index contributed by atoms with van der Waals surface area (Å²) in [5, 5.41) is 8.79. The Morgan fingerprint density at radius 3 is 2.81 bits per heavy atom. The SMILES string of the molecule is O=C(O)c1ccc(S(=O)(=O)NCCCCn2ccnc2)s1. The van der Waals surface area contributed by atoms with Crippen molar-refractivity contribution in [2.45, 2.75) is 23.6 Å². The maximum absolute atomic E-state index is 12.0. The summed E-state index contributed by atoms with van der Waals surface area (Å²) >= 11 is 0.747. The van der Waals surface area contributed by atoms with Gasteiger partial charge in [-0.05, 0) is 25.0 Å². The molecule has 0 aliphatic carbocycles. The van der Waals surface area contributed by atoms with E-state index in [1.807, 2.05) is 10.8 Å². The molecule has 7 nitrogen and oxygen atoms in total. The number of carbonyl (C=O) groups is 1. The summed E-state index contributed by atoms with van der Waals surface area (Å²) in [5.41, 5.74) is 0. The molecule has 0 fully saturated rings. The lowest BCUT2D eigenvalue weighted by Gasteiger charge is -2.05. The molecule has 0 radical (unpaired) electrons. The van der Waals surface area contributed by atoms with Crippen LogP contribution in [0.25, 0.3) is 0 Å². The van der Waals surface area contributed by atoms with E-state index in [1.54, 1.807) is 12.5 Å². The zero-order chi connectivity index (χ0) is 15.3. The molecule has 0 aliphatic heterocycles. The van der Waals surface area contributed by atoms with E-state index in [0.717, 1.165) is 24.3 Å². The van der Waals surface area contributed by atoms with Gasteiger partial charge in [0.2, 0.25) is 10.0 Å². The minimum absolute atomic E-state index is 0.00971. The number of carboxylic acid groups (broad SMARTS) is 1. The number of nitrogens with one attached hydrogen (secondary N) is 1. The number of aromatic carboxylic acids is 1. The van der Waals surface area contributed by atoms with Crippen LogP contribution in [0.4, 0.5) is 0 Å². The smallest absolute Gasteiger partial charge is 0.345 e. The summed E-state index contributed by atoms with van der Waals surface area (Å²) < 4.78 is 28.3. The second-order valence-electron chi connectivity index (χ2n) is 4.33. The lowest BCUT2D eigenvalue weighted by atomic mass is 10.3. The Bertz CT molecular complexity index is 692. The van der Waals surface area contributed by atoms with Crippen molar-refractivity contribution in [2.75, 3.05) is 6.54 Å². The van der Waals surface area contributed by atoms with Crippen molar-refractivity contribution in [3.05, 3.63) is 35.7 Å². The number of hydrogen-bond donors (Lipinski definition) is 2. The molecule has 2 N–H and O–H groups in total. The quantitative estimate of drug-likeness (QED) is 0.713. The molecule has 9 heteroatoms. The van der Waals surface area contributed by atoms with Crippen molar-refractivity contribution < 1.29 is 18.3 Å². The first-order chi connectivity index (χ1) is 9.99. The van der Waals surface area contributed by atoms with E-state index in [1.165, 1.54) is 12.1 Å². The van der Waals surface area contributed by atoms with Crippen LogP contribution >= 0.6 is 11.3 Å². The number of thiophene rings is 1. The summed E-state index contributed by atoms with van der Waals surface area (Å²) in [7, 11) is -3.62. The van der Waals surface area contributed by atoms with Crippen LogP contribution in [0.2, 0.25) is 0 Å². The first kappa shape index (κ1) is 15.7. The number of aromatic nitrogens is 2. The predicted octanol–water partition coefficient (Wildman–Crippen LogP) is 1.40. The predicted molar refractivity (Wildman–Crippen MR) is 77.9 cm³/mol. The third-order valence-corrected chi connectivity index (χ3v) is 5.78. The van der Waals surface area contributed by atoms with E-state index in [0.29, 0.717) is 13.0 Å². The highest BCUT2D eigenvalue weighted by molar-refractivity contribution is 7.91. The molecule has 21 heavy (non-hydrogen) atoms. The van der Waals surface area contributed by atoms with Crippen LogP contribution < -0.4 is 4.72 Å². The lowest BCUT2D eigenvalue weighted by Crippen LogP contribution is -2.24. The van der Waals surface area contributed by atoms with E-state index in [2.05, 4.69) is 9.71 Å². The Labute approximate surface area is 126 Å². The van der Waals surface area contributed by atoms with Crippen molar-refractivity contribution >= 4 is 27.3 Å². The first-order valence-corrected chi connectivity index (χ1v) is 8.57. The van der Waals surface area contributed by atoms with Crippen molar-refractivity contribution in [1.29, 1.82) is 0 Å². The Balaban J connectivity index is 1.79. The van der Waals surface area contributed by atoms with Crippen molar-refractivity contribution in [2.24, 2.45) is 0 Å². The standard InChI is InChI=1S/C12H15N3O4S2/c16-12(17)10-3-4-11(20-10)21(18,19)14-5-1-2-7-15-8-6-13-9-15/h3-4,6,8-9,14H,1-2,5,7H2,(H,16,17). The average Bonchev–Trinajstić information content (AvgIpc) is 3.09. The Morgan fingerprint density at radius 2 is 2.19 bits per heavy atom. The highest BCUT2D eigenvalue weighted by Crippen LogP contribution is 2.21. The van der Waals surface area contributed by atoms with Gasteiger partial charge in [0.25, 0.3) is 0 Å². The first-order valence-electron chi connectivity index (χ1n) is 6.27. The maximum atomic E-state index is 12.0. The van der Waals surface area contributed by atoms with Gasteiger partial charge in [0.15, 0.2) is 0 Å². The second kappa shape index (κ2) is 6.83. The fourth-order valence-electron chi connectivity index (χ4n) is 1.70. The largest absolute Gasteiger partial charge is 0.477 e. The molecule has 2 heterocycles. The third kappa shape index (κ3) is 4.38. The summed E-state index contributed by atoms with van der Waals surface area (Å²) in [6, 6.07) is 2.60. The van der Waals surface area contributed by atoms with Crippen molar-refractivity contribution in [3.8, 4) is 0 Å². The van der Waals surface area contributed by atoms with E-state index in [9.17, 15) is 13.2 Å². The highest BCUT2D eigenvalue weighted by atomic mass is 32.2. The van der Waals surface area contributed by atoms with Gasteiger partial charge >= 0.3 is 5.97 Å². The summed E-state index contributed by atoms with van der Waals surface area (Å²) in [6.45, 7) is 1.10. The molecule has 2 rings (SSSR count). The van der Waals surface area contributed by atoms with Gasteiger partial charge in [-0.2, -0.15) is 0 Å². The van der Waals surface area contributed by atoms with Crippen LogP contribution in [0.3, 0.4) is 0 Å². The van der Waals surface area contributed by atoms with Crippen molar-refractivity contribution in [3.63, 3.8) is 0 Å². The number of unbranched alkanes of at least 4 members (excludes halogenated alkanes) is 1. The van der Waals surface area contributed by atoms with Crippen LogP contribution in [-0.2, 0) is 16.6 Å². The Morgan fingerprint density at radius 1 is 1.38 bits per heavy atom. The van der Waals surface area contributed by atoms with E-state index < -0.39 is 16.0 Å². The van der Waals surface area contributed by atoms with Crippen LogP contribution in [0.1, 0.15) is 22.5 Å². The minimum atomic E-state index is -3.62. The van der Waals surface area contributed by atoms with E-state index in [4.69, 9.17) is 5.11 Å². The van der Waals surface area contributed by atoms with Crippen LogP contribution in [0, 0.1) is 0 Å². The summed E-state index contributed by atoms with van der Waals surface area (Å²) in [4.78, 5) is 14.7. The molecule has 0 amide bonds. The fourth-order valence-corrected chi connectivity index (χ4v) is 3.96. The summed E-state index contributed by atoms with van der Waals surface area (Å²) in [5.74, 6) is -1.12. The minimum Gasteiger partial charge on any atom is -0.477 e. The molecule has 0 saturated heterocycles. The molecule has 0 bridgehead atoms. The van der Waals surface area contributed by atoms with Gasteiger partial charge in [0.05, 0.1) is 6.33 Å². The normalized spacial score (nSPS) is 11.6. The van der Waals surface area contributed by atoms with Gasteiger partial charge in [-0.1, -0.05) is 0 Å². The van der Waals surface area contributed by atoms with Crippen LogP contribution in [-0.4, -0.2) is 35.6 Å². The molecule has 2 aromatic rings. The van der Waals surface area contributed by atoms with Gasteiger partial charge in [-0.15, -0.1) is 11.3 Å². The molecule has 0 spiro atoms. The van der Waals surface area contributed by atoms with Crippen molar-refractivity contribution in [1.82, 2.24) is 14.3 Å². The number of rotatable bonds is 8. The maximum Gasteiger partial charge on any atom is 0.345 e. The highest BCUT2D eigenvalue weighted by Gasteiger charge is 2.18. The van der Waals surface area contributed by atoms with E-state index >= 15 is 0 Å². The number of carboxylic acids is 1. The molecule has 0 unspecified atom stereocenters. The third-order valence-electron chi connectivity index (χ3n) is 2.75. The number of sulfonamides is 1. The zero-order valence-corrected chi connectivity index (χ0v) is 12.7. The topological polar surface area (TPSA) is 101 Å². The molecule has 0 aromatic carbocycles. The molecule has 114 valence electrons. The zero-order valence-electron chi connectivity index (χ0n) is 11.1. The summed E-state index contributed by atoms with van der Waals surface area (Å²) in [6.07, 6.45) is 6.77. The molecule has 0 aliphatic rings. The van der Waals surface area contributed by atoms with Crippen LogP contribution in [0.15, 0.2) is 35.1 Å². The second-order valence-corrected chi connectivity index (χ2v) is 7.41. The van der Waals surface area contributed by atoms with E-state index in [-0.39, 0.29) is 9.09 Å². The molecule has 2 aromatic heterocycles. The number of nitrogens with zero attached hydrogens (tertiary/aromatic N) is 2. The molecular weight excluding hydrogens is 314 g/mol.